The number of esters is 1. The first kappa shape index (κ1) is 23.8. The van der Waals surface area contributed by atoms with Gasteiger partial charge in [0.25, 0.3) is 0 Å². The number of ether oxygens (including phenoxy) is 1. The van der Waals surface area contributed by atoms with Gasteiger partial charge < -0.3 is 0 Å². The van der Waals surface area contributed by atoms with Gasteiger partial charge in [-0.25, -0.2) is 0 Å². The number of carbonyl (C=O) groups excluding carboxylic acids is 1. The van der Waals surface area contributed by atoms with Crippen molar-refractivity contribution in [1.82, 2.24) is 0 Å². The Morgan fingerprint density at radius 3 is 1.75 bits per heavy atom. The summed E-state index contributed by atoms with van der Waals surface area (Å²) in [7, 11) is 5.05. The fourth-order valence-electron chi connectivity index (χ4n) is 2.50. The molecule has 0 fully saturated rings. The summed E-state index contributed by atoms with van der Waals surface area (Å²) < 4.78 is 22.4. The second kappa shape index (κ2) is 15.1. The predicted octanol–water partition coefficient (Wildman–Crippen LogP) is 4.87. The van der Waals surface area contributed by atoms with Crippen molar-refractivity contribution in [2.75, 3.05) is 27.9 Å². The molecular weight excluding hydrogens is 344 g/mol. The Labute approximate surface area is 152 Å². The van der Waals surface area contributed by atoms with Gasteiger partial charge in [0.15, 0.2) is 0 Å². The molecule has 0 aliphatic rings. The van der Waals surface area contributed by atoms with Crippen molar-refractivity contribution >= 4 is 5.97 Å². The van der Waals surface area contributed by atoms with Gasteiger partial charge >= 0.3 is 127 Å². The van der Waals surface area contributed by atoms with E-state index in [2.05, 4.69) is 6.58 Å². The molecule has 0 saturated carbocycles. The summed E-state index contributed by atoms with van der Waals surface area (Å²) in [6, 6.07) is 0. The average Bonchev–Trinajstić information content (AvgIpc) is 2.58. The van der Waals surface area contributed by atoms with E-state index >= 15 is 0 Å². The van der Waals surface area contributed by atoms with Crippen LogP contribution in [-0.4, -0.2) is 33.9 Å². The van der Waals surface area contributed by atoms with E-state index in [0.29, 0.717) is 13.0 Å². The quantitative estimate of drug-likeness (QED) is 0.165. The minimum atomic E-state index is -2.90. The molecule has 0 unspecified atom stereocenters. The van der Waals surface area contributed by atoms with Crippen LogP contribution < -0.4 is 0 Å². The van der Waals surface area contributed by atoms with Crippen LogP contribution >= 0.6 is 0 Å². The van der Waals surface area contributed by atoms with Gasteiger partial charge in [0.1, 0.15) is 6.61 Å². The molecule has 0 rings (SSSR count). The SMILES string of the molecule is C=C(C)COC(=O)CCCCCCCCC[CH2][Ti]([O]C)([O]C)[O]C. The molecule has 0 aromatic carbocycles. The van der Waals surface area contributed by atoms with Crippen molar-refractivity contribution in [2.24, 2.45) is 0 Å². The Balaban J connectivity index is 3.43. The summed E-state index contributed by atoms with van der Waals surface area (Å²) in [5.41, 5.74) is 0.880. The normalized spacial score (nSPS) is 11.5. The van der Waals surface area contributed by atoms with Crippen LogP contribution in [0.1, 0.15) is 64.7 Å². The molecule has 0 aromatic heterocycles. The summed E-state index contributed by atoms with van der Waals surface area (Å²) >= 11 is -2.90. The number of hydrogen-bond acceptors (Lipinski definition) is 5. The summed E-state index contributed by atoms with van der Waals surface area (Å²) in [4.78, 5) is 11.4. The molecule has 24 heavy (non-hydrogen) atoms. The monoisotopic (exact) mass is 380 g/mol. The zero-order valence-corrected chi connectivity index (χ0v) is 17.6. The van der Waals surface area contributed by atoms with Crippen molar-refractivity contribution in [1.29, 1.82) is 0 Å². The summed E-state index contributed by atoms with van der Waals surface area (Å²) in [6.07, 6.45) is 9.71. The third-order valence-corrected chi connectivity index (χ3v) is 8.45. The van der Waals surface area contributed by atoms with Crippen LogP contribution in [0.25, 0.3) is 0 Å². The Kier molecular flexibility index (Phi) is 15.0. The number of rotatable bonds is 16. The van der Waals surface area contributed by atoms with Gasteiger partial charge in [-0.1, -0.05) is 6.58 Å². The van der Waals surface area contributed by atoms with Crippen molar-refractivity contribution in [3.63, 3.8) is 0 Å². The van der Waals surface area contributed by atoms with Crippen LogP contribution in [0.2, 0.25) is 4.73 Å². The maximum atomic E-state index is 11.4. The average molecular weight is 380 g/mol. The Bertz CT molecular complexity index is 334. The molecule has 0 amide bonds. The van der Waals surface area contributed by atoms with Gasteiger partial charge in [0.05, 0.1) is 0 Å². The van der Waals surface area contributed by atoms with E-state index < -0.39 is 17.8 Å². The van der Waals surface area contributed by atoms with Gasteiger partial charge in [0, 0.05) is 0 Å². The fourth-order valence-corrected chi connectivity index (χ4v) is 5.31. The standard InChI is InChI=1S/C15H27O2.3CH3O.Ti/c1-4-5-6-7-8-9-10-11-12-15(16)17-13-14(2)3;3*1-2;/h1-2,4-13H2,3H3;3*1H3;/q;3*-1;+3. The minimum absolute atomic E-state index is 0.110. The van der Waals surface area contributed by atoms with Crippen LogP contribution in [0.3, 0.4) is 0 Å². The van der Waals surface area contributed by atoms with Crippen molar-refractivity contribution < 1.29 is 37.2 Å². The van der Waals surface area contributed by atoms with E-state index in [1.165, 1.54) is 32.1 Å². The van der Waals surface area contributed by atoms with Gasteiger partial charge in [-0.05, 0) is 12.5 Å². The second-order valence-corrected chi connectivity index (χ2v) is 11.1. The fraction of sp³-hybridized carbons (Fsp3) is 0.833. The molecule has 0 spiro atoms. The van der Waals surface area contributed by atoms with E-state index in [0.717, 1.165) is 29.6 Å². The molecule has 0 saturated heterocycles. The summed E-state index contributed by atoms with van der Waals surface area (Å²) in [5.74, 6) is -0.110. The molecule has 0 atom stereocenters. The van der Waals surface area contributed by atoms with E-state index in [9.17, 15) is 4.79 Å². The van der Waals surface area contributed by atoms with Crippen molar-refractivity contribution in [3.05, 3.63) is 12.2 Å². The van der Waals surface area contributed by atoms with Crippen LogP contribution in [-0.2, 0) is 37.2 Å². The zero-order chi connectivity index (χ0) is 18.3. The van der Waals surface area contributed by atoms with E-state index in [4.69, 9.17) is 14.7 Å². The van der Waals surface area contributed by atoms with Gasteiger partial charge in [-0.3, -0.25) is 0 Å². The molecule has 0 aromatic rings. The van der Waals surface area contributed by atoms with E-state index in [-0.39, 0.29) is 5.97 Å². The van der Waals surface area contributed by atoms with Gasteiger partial charge in [-0.15, -0.1) is 0 Å². The molecule has 142 valence electrons. The molecule has 0 radical (unpaired) electrons. The molecule has 6 heteroatoms. The third kappa shape index (κ3) is 12.2. The van der Waals surface area contributed by atoms with Crippen LogP contribution in [0, 0.1) is 0 Å². The predicted molar refractivity (Wildman–Crippen MR) is 93.2 cm³/mol. The number of carbonyl (C=O) groups is 1. The number of hydrogen-bond donors (Lipinski definition) is 0. The Morgan fingerprint density at radius 1 is 0.833 bits per heavy atom. The first-order valence-corrected chi connectivity index (χ1v) is 12.0. The van der Waals surface area contributed by atoms with Gasteiger partial charge in [0.2, 0.25) is 0 Å². The third-order valence-electron chi connectivity index (χ3n) is 4.03. The van der Waals surface area contributed by atoms with Gasteiger partial charge in [-0.2, -0.15) is 0 Å². The number of unbranched alkanes of at least 4 members (excludes halogenated alkanes) is 7. The molecule has 0 aliphatic carbocycles. The Morgan fingerprint density at radius 2 is 1.29 bits per heavy atom. The molecule has 0 heterocycles. The molecule has 0 aliphatic heterocycles. The first-order chi connectivity index (χ1) is 11.5. The van der Waals surface area contributed by atoms with E-state index in [1.807, 2.05) is 6.92 Å². The van der Waals surface area contributed by atoms with Crippen LogP contribution in [0.5, 0.6) is 0 Å². The van der Waals surface area contributed by atoms with Crippen molar-refractivity contribution in [2.45, 2.75) is 69.4 Å². The van der Waals surface area contributed by atoms with E-state index in [1.54, 1.807) is 21.3 Å². The van der Waals surface area contributed by atoms with Crippen LogP contribution in [0.4, 0.5) is 0 Å². The maximum absolute atomic E-state index is 11.4. The molecule has 0 bridgehead atoms. The molecule has 5 nitrogen and oxygen atoms in total. The zero-order valence-electron chi connectivity index (χ0n) is 16.0. The summed E-state index contributed by atoms with van der Waals surface area (Å²) in [6.45, 7) is 5.91. The molecule has 0 N–H and O–H groups in total. The molecular formula is C18H36O5Ti. The van der Waals surface area contributed by atoms with Crippen molar-refractivity contribution in [3.8, 4) is 0 Å². The summed E-state index contributed by atoms with van der Waals surface area (Å²) in [5, 5.41) is 0. The van der Waals surface area contributed by atoms with Crippen LogP contribution in [0.15, 0.2) is 12.2 Å². The second-order valence-electron chi connectivity index (χ2n) is 6.24. The Hall–Kier alpha value is -0.196. The topological polar surface area (TPSA) is 54.0 Å². The first-order valence-electron chi connectivity index (χ1n) is 8.95.